The molecule has 1 aliphatic rings. The van der Waals surface area contributed by atoms with Crippen LogP contribution in [0.25, 0.3) is 11.1 Å². The van der Waals surface area contributed by atoms with Gasteiger partial charge in [0.15, 0.2) is 11.6 Å². The first-order valence-electron chi connectivity index (χ1n) is 9.81. The molecule has 0 bridgehead atoms. The van der Waals surface area contributed by atoms with Gasteiger partial charge in [0.1, 0.15) is 24.0 Å². The maximum Gasteiger partial charge on any atom is 1.00 e. The van der Waals surface area contributed by atoms with Crippen LogP contribution in [0.1, 0.15) is 46.6 Å². The number of carboxylic acids is 1. The van der Waals surface area contributed by atoms with Crippen LogP contribution in [0.15, 0.2) is 48.5 Å². The Kier molecular flexibility index (Phi) is 7.94. The van der Waals surface area contributed by atoms with Crippen LogP contribution in [0, 0.1) is 23.3 Å². The molecule has 3 aromatic rings. The molecular weight excluding hydrogens is 449 g/mol. The summed E-state index contributed by atoms with van der Waals surface area (Å²) < 4.78 is 61.1. The third-order valence-electron chi connectivity index (χ3n) is 5.26. The topological polar surface area (TPSA) is 62.2 Å². The molecule has 0 saturated carbocycles. The summed E-state index contributed by atoms with van der Waals surface area (Å²) in [5, 5.41) is 11.2. The maximum atomic E-state index is 14.1. The Bertz CT molecular complexity index is 1250. The number of allylic oxidation sites excluding steroid dienone is 2. The van der Waals surface area contributed by atoms with E-state index in [0.717, 1.165) is 12.1 Å². The normalized spacial score (nSPS) is 13.1. The van der Waals surface area contributed by atoms with Crippen molar-refractivity contribution in [3.8, 4) is 5.75 Å². The molecule has 0 spiro atoms. The van der Waals surface area contributed by atoms with Crippen LogP contribution < -0.4 is 39.4 Å². The number of carbonyl (C=O) groups is 1. The van der Waals surface area contributed by atoms with E-state index in [2.05, 4.69) is 4.98 Å². The fourth-order valence-corrected chi connectivity index (χ4v) is 3.76. The summed E-state index contributed by atoms with van der Waals surface area (Å²) in [4.78, 5) is 15.3. The summed E-state index contributed by atoms with van der Waals surface area (Å²) in [5.41, 5.74) is 1.36. The Morgan fingerprint density at radius 2 is 1.70 bits per heavy atom. The van der Waals surface area contributed by atoms with E-state index < -0.39 is 41.4 Å². The van der Waals surface area contributed by atoms with Crippen molar-refractivity contribution in [3.63, 3.8) is 0 Å². The standard InChI is InChI=1S/C24H17F4NO3.Na/c25-13-7-10-22(32-12-17-18(26)8-9-19(27)23(17)28)16(11-13)14-3-1-4-15(14)20-5-2-6-21(29-20)24(30)31;/h2,5-11H,1,3-4,12H2,(H,30,31);/q;+1/p-1. The Morgan fingerprint density at radius 1 is 0.970 bits per heavy atom. The second-order valence-corrected chi connectivity index (χ2v) is 7.26. The van der Waals surface area contributed by atoms with Gasteiger partial charge < -0.3 is 14.6 Å². The molecule has 0 aliphatic heterocycles. The van der Waals surface area contributed by atoms with E-state index in [-0.39, 0.29) is 41.0 Å². The van der Waals surface area contributed by atoms with Gasteiger partial charge in [-0.3, -0.25) is 0 Å². The fourth-order valence-electron chi connectivity index (χ4n) is 3.76. The second-order valence-electron chi connectivity index (χ2n) is 7.26. The van der Waals surface area contributed by atoms with Crippen LogP contribution in [-0.2, 0) is 6.61 Å². The quantitative estimate of drug-likeness (QED) is 0.316. The Hall–Kier alpha value is -2.68. The fraction of sp³-hybridized carbons (Fsp3) is 0.167. The molecule has 1 heterocycles. The molecule has 9 heteroatoms. The Labute approximate surface area is 209 Å². The Morgan fingerprint density at radius 3 is 2.45 bits per heavy atom. The maximum absolute atomic E-state index is 14.1. The largest absolute Gasteiger partial charge is 1.00 e. The summed E-state index contributed by atoms with van der Waals surface area (Å²) in [7, 11) is 0. The molecule has 0 saturated heterocycles. The first-order valence-corrected chi connectivity index (χ1v) is 9.81. The monoisotopic (exact) mass is 465 g/mol. The number of hydrogen-bond donors (Lipinski definition) is 0. The average Bonchev–Trinajstić information content (AvgIpc) is 3.27. The molecule has 4 rings (SSSR count). The van der Waals surface area contributed by atoms with Crippen molar-refractivity contribution in [2.45, 2.75) is 25.9 Å². The minimum absolute atomic E-state index is 0. The minimum Gasteiger partial charge on any atom is -0.543 e. The van der Waals surface area contributed by atoms with Gasteiger partial charge in [0.2, 0.25) is 0 Å². The van der Waals surface area contributed by atoms with Crippen LogP contribution in [0.5, 0.6) is 5.75 Å². The molecule has 4 nitrogen and oxygen atoms in total. The third-order valence-corrected chi connectivity index (χ3v) is 5.26. The van der Waals surface area contributed by atoms with Gasteiger partial charge in [-0.15, -0.1) is 0 Å². The zero-order chi connectivity index (χ0) is 22.8. The number of pyridine rings is 1. The number of benzene rings is 2. The van der Waals surface area contributed by atoms with Crippen LogP contribution in [0.3, 0.4) is 0 Å². The van der Waals surface area contributed by atoms with Crippen molar-refractivity contribution >= 4 is 17.1 Å². The minimum atomic E-state index is -1.42. The summed E-state index contributed by atoms with van der Waals surface area (Å²) >= 11 is 0. The SMILES string of the molecule is O=C([O-])c1cccc(C2=C(c3cc(F)ccc3OCc3c(F)ccc(F)c3F)CCC2)n1.[Na+]. The van der Waals surface area contributed by atoms with Gasteiger partial charge in [-0.2, -0.15) is 0 Å². The molecule has 0 unspecified atom stereocenters. The van der Waals surface area contributed by atoms with Gasteiger partial charge in [0, 0.05) is 5.56 Å². The molecule has 2 aromatic carbocycles. The zero-order valence-electron chi connectivity index (χ0n) is 17.6. The van der Waals surface area contributed by atoms with Crippen LogP contribution in [0.2, 0.25) is 0 Å². The average molecular weight is 465 g/mol. The smallest absolute Gasteiger partial charge is 0.543 e. The van der Waals surface area contributed by atoms with Crippen molar-refractivity contribution < 1.29 is 61.8 Å². The molecule has 0 atom stereocenters. The molecule has 164 valence electrons. The van der Waals surface area contributed by atoms with E-state index in [4.69, 9.17) is 4.74 Å². The van der Waals surface area contributed by atoms with Crippen LogP contribution in [0.4, 0.5) is 17.6 Å². The zero-order valence-corrected chi connectivity index (χ0v) is 19.6. The molecular formula is C24H16F4NNaO3. The van der Waals surface area contributed by atoms with E-state index in [9.17, 15) is 27.5 Å². The number of ether oxygens (including phenoxy) is 1. The van der Waals surface area contributed by atoms with Crippen molar-refractivity contribution in [2.75, 3.05) is 0 Å². The molecule has 0 fully saturated rings. The molecule has 1 aromatic heterocycles. The summed E-state index contributed by atoms with van der Waals surface area (Å²) in [6.45, 7) is -0.602. The van der Waals surface area contributed by atoms with Gasteiger partial charge in [-0.1, -0.05) is 6.07 Å². The number of nitrogens with zero attached hydrogens (tertiary/aromatic N) is 1. The molecule has 33 heavy (non-hydrogen) atoms. The van der Waals surface area contributed by atoms with Crippen LogP contribution >= 0.6 is 0 Å². The number of halogens is 4. The number of carbonyl (C=O) groups excluding carboxylic acids is 1. The van der Waals surface area contributed by atoms with Gasteiger partial charge in [-0.25, -0.2) is 22.5 Å². The van der Waals surface area contributed by atoms with Crippen molar-refractivity contribution in [2.24, 2.45) is 0 Å². The molecule has 0 N–H and O–H groups in total. The molecule has 1 aliphatic carbocycles. The van der Waals surface area contributed by atoms with E-state index in [1.54, 1.807) is 6.07 Å². The number of carboxylic acid groups (broad SMARTS) is 1. The number of hydrogen-bond acceptors (Lipinski definition) is 4. The van der Waals surface area contributed by atoms with Crippen molar-refractivity contribution in [3.05, 3.63) is 94.3 Å². The first kappa shape index (κ1) is 25.0. The molecule has 0 radical (unpaired) electrons. The summed E-state index contributed by atoms with van der Waals surface area (Å²) in [6, 6.07) is 9.68. The van der Waals surface area contributed by atoms with E-state index in [1.165, 1.54) is 24.3 Å². The third kappa shape index (κ3) is 5.29. The molecule has 0 amide bonds. The summed E-state index contributed by atoms with van der Waals surface area (Å²) in [6.07, 6.45) is 1.82. The van der Waals surface area contributed by atoms with Crippen molar-refractivity contribution in [1.29, 1.82) is 0 Å². The predicted molar refractivity (Wildman–Crippen MR) is 106 cm³/mol. The summed E-state index contributed by atoms with van der Waals surface area (Å²) in [5.74, 6) is -5.33. The van der Waals surface area contributed by atoms with Crippen molar-refractivity contribution in [1.82, 2.24) is 4.98 Å². The van der Waals surface area contributed by atoms with Crippen LogP contribution in [-0.4, -0.2) is 11.0 Å². The van der Waals surface area contributed by atoms with E-state index in [1.807, 2.05) is 0 Å². The Balaban J connectivity index is 0.00000306. The van der Waals surface area contributed by atoms with E-state index in [0.29, 0.717) is 47.7 Å². The van der Waals surface area contributed by atoms with E-state index >= 15 is 0 Å². The number of rotatable bonds is 6. The number of aromatic carboxylic acids is 1. The second kappa shape index (κ2) is 10.5. The van der Waals surface area contributed by atoms with Gasteiger partial charge in [-0.05, 0) is 72.9 Å². The van der Waals surface area contributed by atoms with Gasteiger partial charge in [0.05, 0.1) is 22.9 Å². The predicted octanol–water partition coefficient (Wildman–Crippen LogP) is 1.68. The van der Waals surface area contributed by atoms with Gasteiger partial charge in [0.25, 0.3) is 0 Å². The van der Waals surface area contributed by atoms with Gasteiger partial charge >= 0.3 is 29.6 Å². The first-order chi connectivity index (χ1) is 15.3. The number of aromatic nitrogens is 1.